The molecule has 2 aromatic heterocycles. The highest BCUT2D eigenvalue weighted by Crippen LogP contribution is 2.52. The molecule has 4 aliphatic carbocycles. The maximum absolute atomic E-state index is 11.8. The number of aryl methyl sites for hydroxylation is 4. The molecule has 0 saturated heterocycles. The number of hydrogen-bond acceptors (Lipinski definition) is 7. The number of carbonyl (C=O) groups is 2. The van der Waals surface area contributed by atoms with E-state index in [0.717, 1.165) is 137 Å². The molecule has 11 aromatic carbocycles. The van der Waals surface area contributed by atoms with Crippen LogP contribution in [0.2, 0.25) is 0 Å². The van der Waals surface area contributed by atoms with Crippen molar-refractivity contribution in [2.75, 3.05) is 9.80 Å². The number of Topliss-reactive ketones (excluding diaryl/α,β-unsaturated/α-hetero) is 2. The molecule has 0 amide bonds. The summed E-state index contributed by atoms with van der Waals surface area (Å²) in [6.45, 7) is 5.09. The van der Waals surface area contributed by atoms with Crippen molar-refractivity contribution in [3.8, 4) is 44.8 Å². The van der Waals surface area contributed by atoms with E-state index in [1.807, 2.05) is 29.1 Å². The van der Waals surface area contributed by atoms with Crippen LogP contribution in [0.25, 0.3) is 88.4 Å². The maximum Gasteiger partial charge on any atom is 0.234 e. The van der Waals surface area contributed by atoms with E-state index in [2.05, 4.69) is 218 Å². The van der Waals surface area contributed by atoms with Gasteiger partial charge in [0.1, 0.15) is 0 Å². The van der Waals surface area contributed by atoms with Gasteiger partial charge in [-0.1, -0.05) is 147 Å². The zero-order chi connectivity index (χ0) is 55.4. The molecule has 0 aliphatic heterocycles. The van der Waals surface area contributed by atoms with Crippen molar-refractivity contribution >= 4 is 89.3 Å². The number of aromatic nitrogens is 5. The zero-order valence-corrected chi connectivity index (χ0v) is 45.8. The minimum absolute atomic E-state index is 0.333. The van der Waals surface area contributed by atoms with Crippen LogP contribution in [0, 0.1) is 5.92 Å². The Balaban J connectivity index is 0.000000301. The smallest absolute Gasteiger partial charge is 0.234 e. The van der Waals surface area contributed by atoms with Gasteiger partial charge < -0.3 is 9.80 Å². The van der Waals surface area contributed by atoms with Gasteiger partial charge in [0.15, 0.2) is 6.54 Å². The van der Waals surface area contributed by atoms with Crippen LogP contribution in [0.5, 0.6) is 0 Å². The summed E-state index contributed by atoms with van der Waals surface area (Å²) in [5.41, 5.74) is 24.3. The highest BCUT2D eigenvalue weighted by molar-refractivity contribution is 6.57. The molecular weight excluding hydrogens is 1020 g/mol. The lowest BCUT2D eigenvalue weighted by Gasteiger charge is -2.26. The number of rotatable bonds is 10. The van der Waals surface area contributed by atoms with Crippen LogP contribution in [0.1, 0.15) is 56.8 Å². The molecule has 4 aliphatic rings. The predicted molar refractivity (Wildman–Crippen MR) is 333 cm³/mol. The van der Waals surface area contributed by atoms with Gasteiger partial charge in [-0.2, -0.15) is 15.0 Å². The van der Waals surface area contributed by atoms with E-state index in [1.54, 1.807) is 0 Å². The number of nitrogens with zero attached hydrogens (tertiary/aromatic N) is 7. The summed E-state index contributed by atoms with van der Waals surface area (Å²) in [7, 11) is 0. The standard InChI is InChI=1S/C60H45N7.C14H8O2/c1-38(2)37-65-63-59-52(41-25-31-47(32-26-41)66(43-15-7-3-8-16-43)44-17-9-4-10-18-44)57-58(62-56-50-36-30-40-24-23-39-29-35-49(55(56)61-57)54(50)51(39)40)53(60(59)64-65)42-27-33-48(34-28-42)67(45-19-11-5-12-20-45)46-21-13-6-14-22-46;15-13-9-5-3-7-1-2-8-4-6-10(14(13)16)12(9)11(7)8/h3-22,25-36,38H,23-24,37H2,1-2H3;3-6H,1-2H2. The third kappa shape index (κ3) is 7.75. The topological polar surface area (TPSA) is 97.3 Å². The van der Waals surface area contributed by atoms with Gasteiger partial charge in [0.2, 0.25) is 11.6 Å². The summed E-state index contributed by atoms with van der Waals surface area (Å²) in [6, 6.07) is 76.6. The van der Waals surface area contributed by atoms with E-state index in [0.29, 0.717) is 23.6 Å². The molecule has 0 spiro atoms. The lowest BCUT2D eigenvalue weighted by molar-refractivity contribution is -0.808. The summed E-state index contributed by atoms with van der Waals surface area (Å²) in [5, 5.41) is 15.5. The lowest BCUT2D eigenvalue weighted by Crippen LogP contribution is -2.42. The highest BCUT2D eigenvalue weighted by Gasteiger charge is 2.34. The summed E-state index contributed by atoms with van der Waals surface area (Å²) in [5.74, 6) is -0.351. The number of hydrogen-bond donors (Lipinski definition) is 0. The molecule has 0 unspecified atom stereocenters. The van der Waals surface area contributed by atoms with Crippen LogP contribution >= 0.6 is 0 Å². The van der Waals surface area contributed by atoms with E-state index < -0.39 is 0 Å². The second kappa shape index (κ2) is 19.1. The SMILES string of the molecule is CC(C)C[n+]1nc2c(-c3ccc(N(c4ccccc4)c4ccccc4)cc3)c3nc4c(nc3c(-c3ccc(N(c5ccccc5)c5ccccc5)cc3)c2[n-]1)-c1ccc2c3c(ccc-4c13)CC2.O=C1C(=O)c2ccc3c4c(ccc1c24)CC3. The van der Waals surface area contributed by atoms with Gasteiger partial charge in [-0.3, -0.25) is 9.59 Å². The van der Waals surface area contributed by atoms with Gasteiger partial charge in [0, 0.05) is 95.2 Å². The Labute approximate surface area is 479 Å². The molecule has 0 radical (unpaired) electrons. The van der Waals surface area contributed by atoms with Gasteiger partial charge >= 0.3 is 0 Å². The van der Waals surface area contributed by atoms with E-state index >= 15 is 0 Å². The van der Waals surface area contributed by atoms with Crippen molar-refractivity contribution in [3.05, 3.63) is 252 Å². The van der Waals surface area contributed by atoms with E-state index in [9.17, 15) is 9.59 Å². The number of benzene rings is 11. The highest BCUT2D eigenvalue weighted by atomic mass is 16.2. The van der Waals surface area contributed by atoms with E-state index in [1.165, 1.54) is 33.0 Å². The Kier molecular flexibility index (Phi) is 11.2. The fraction of sp³-hybridized carbons (Fsp3) is 0.108. The average molecular weight is 1070 g/mol. The van der Waals surface area contributed by atoms with Crippen molar-refractivity contribution < 1.29 is 14.4 Å². The van der Waals surface area contributed by atoms with Crippen LogP contribution in [0.4, 0.5) is 34.1 Å². The largest absolute Gasteiger partial charge is 0.311 e. The molecule has 0 saturated carbocycles. The Morgan fingerprint density at radius 3 is 1.14 bits per heavy atom. The second-order valence-corrected chi connectivity index (χ2v) is 22.6. The number of carbonyl (C=O) groups excluding carboxylic acids is 2. The Bertz CT molecular complexity index is 4440. The first-order valence-electron chi connectivity index (χ1n) is 28.7. The average Bonchev–Trinajstić information content (AvgIpc) is 2.66. The van der Waals surface area contributed by atoms with Gasteiger partial charge in [-0.25, -0.2) is 9.97 Å². The number of para-hydroxylation sites is 4. The monoisotopic (exact) mass is 1070 g/mol. The van der Waals surface area contributed by atoms with Crippen LogP contribution in [0.15, 0.2) is 218 Å². The molecule has 9 nitrogen and oxygen atoms in total. The van der Waals surface area contributed by atoms with Crippen LogP contribution in [-0.4, -0.2) is 26.6 Å². The van der Waals surface area contributed by atoms with Crippen molar-refractivity contribution in [1.29, 1.82) is 0 Å². The second-order valence-electron chi connectivity index (χ2n) is 22.6. The molecular formula is C74H53N7O2. The van der Waals surface area contributed by atoms with Crippen LogP contribution in [-0.2, 0) is 32.2 Å². The van der Waals surface area contributed by atoms with Gasteiger partial charge in [0.25, 0.3) is 0 Å². The van der Waals surface area contributed by atoms with Gasteiger partial charge in [-0.05, 0) is 155 Å². The molecule has 17 rings (SSSR count). The van der Waals surface area contributed by atoms with Crippen LogP contribution in [0.3, 0.4) is 0 Å². The van der Waals surface area contributed by atoms with Crippen LogP contribution < -0.4 is 19.7 Å². The van der Waals surface area contributed by atoms with Gasteiger partial charge in [-0.15, -0.1) is 0 Å². The Morgan fingerprint density at radius 2 is 0.747 bits per heavy atom. The van der Waals surface area contributed by atoms with Crippen molar-refractivity contribution in [2.45, 2.75) is 46.1 Å². The number of ketones is 2. The summed E-state index contributed by atoms with van der Waals surface area (Å²) in [4.78, 5) is 41.6. The first kappa shape index (κ1) is 48.5. The first-order chi connectivity index (χ1) is 40.8. The quantitative estimate of drug-likeness (QED) is 0.0987. The Hall–Kier alpha value is -10.4. The summed E-state index contributed by atoms with van der Waals surface area (Å²) >= 11 is 0. The molecule has 0 atom stereocenters. The summed E-state index contributed by atoms with van der Waals surface area (Å²) in [6.07, 6.45) is 4.18. The van der Waals surface area contributed by atoms with Gasteiger partial charge in [0.05, 0.1) is 22.4 Å². The fourth-order valence-electron chi connectivity index (χ4n) is 13.5. The first-order valence-corrected chi connectivity index (χ1v) is 28.7. The maximum atomic E-state index is 11.8. The normalized spacial score (nSPS) is 13.2. The molecule has 83 heavy (non-hydrogen) atoms. The van der Waals surface area contributed by atoms with Crippen molar-refractivity contribution in [2.24, 2.45) is 5.92 Å². The molecule has 9 heteroatoms. The Morgan fingerprint density at radius 1 is 0.398 bits per heavy atom. The molecule has 2 heterocycles. The zero-order valence-electron chi connectivity index (χ0n) is 45.8. The van der Waals surface area contributed by atoms with E-state index in [4.69, 9.17) is 20.2 Å². The molecule has 0 N–H and O–H groups in total. The molecule has 13 aromatic rings. The third-order valence-corrected chi connectivity index (χ3v) is 17.1. The molecule has 0 fully saturated rings. The number of fused-ring (bicyclic) bond motifs is 5. The predicted octanol–water partition coefficient (Wildman–Crippen LogP) is 16.6. The molecule has 0 bridgehead atoms. The third-order valence-electron chi connectivity index (χ3n) is 17.1. The summed E-state index contributed by atoms with van der Waals surface area (Å²) < 4.78 is 0. The minimum atomic E-state index is -0.342. The fourth-order valence-corrected chi connectivity index (χ4v) is 13.5. The minimum Gasteiger partial charge on any atom is -0.311 e. The van der Waals surface area contributed by atoms with Crippen molar-refractivity contribution in [1.82, 2.24) is 20.2 Å². The molecule has 396 valence electrons. The lowest BCUT2D eigenvalue weighted by atomic mass is 9.94. The van der Waals surface area contributed by atoms with Crippen molar-refractivity contribution in [3.63, 3.8) is 0 Å². The van der Waals surface area contributed by atoms with E-state index in [-0.39, 0.29) is 11.6 Å². The number of anilines is 6.